The minimum atomic E-state index is -0.254. The van der Waals surface area contributed by atoms with Gasteiger partial charge in [0, 0.05) is 26.1 Å². The Bertz CT molecular complexity index is 440. The Balaban J connectivity index is 1.73. The molecule has 18 heavy (non-hydrogen) atoms. The summed E-state index contributed by atoms with van der Waals surface area (Å²) in [6.45, 7) is 3.79. The van der Waals surface area contributed by atoms with E-state index in [1.807, 2.05) is 4.90 Å². The smallest absolute Gasteiger partial charge is 0.272 e. The molecule has 0 radical (unpaired) electrons. The predicted molar refractivity (Wildman–Crippen MR) is 67.4 cm³/mol. The number of amides is 2. The molecule has 1 fully saturated rings. The highest BCUT2D eigenvalue weighted by Crippen LogP contribution is 2.08. The molecule has 7 heteroatoms. The van der Waals surface area contributed by atoms with Gasteiger partial charge in [-0.25, -0.2) is 0 Å². The molecule has 0 aromatic carbocycles. The number of aromatic nitrogens is 2. The molecule has 0 spiro atoms. The van der Waals surface area contributed by atoms with Gasteiger partial charge in [0.15, 0.2) is 5.69 Å². The Morgan fingerprint density at radius 1 is 1.33 bits per heavy atom. The van der Waals surface area contributed by atoms with Gasteiger partial charge in [-0.2, -0.15) is 8.75 Å². The van der Waals surface area contributed by atoms with Crippen LogP contribution in [0.4, 0.5) is 0 Å². The molecular weight excluding hydrogens is 252 g/mol. The molecule has 98 valence electrons. The van der Waals surface area contributed by atoms with Crippen LogP contribution in [-0.4, -0.2) is 45.1 Å². The van der Waals surface area contributed by atoms with Gasteiger partial charge in [0.2, 0.25) is 5.91 Å². The molecule has 0 atom stereocenters. The monoisotopic (exact) mass is 268 g/mol. The SMILES string of the molecule is Cc1nsnc1C(=O)NCCC(=O)N1CCCC1. The fourth-order valence-electron chi connectivity index (χ4n) is 1.93. The predicted octanol–water partition coefficient (Wildman–Crippen LogP) is 0.589. The van der Waals surface area contributed by atoms with Gasteiger partial charge in [-0.15, -0.1) is 0 Å². The summed E-state index contributed by atoms with van der Waals surface area (Å²) in [5.41, 5.74) is 0.983. The molecule has 0 saturated carbocycles. The molecule has 1 aliphatic rings. The average molecular weight is 268 g/mol. The minimum Gasteiger partial charge on any atom is -0.350 e. The summed E-state index contributed by atoms with van der Waals surface area (Å²) < 4.78 is 7.85. The molecule has 2 amide bonds. The molecule has 1 aromatic heterocycles. The Morgan fingerprint density at radius 2 is 2.06 bits per heavy atom. The van der Waals surface area contributed by atoms with Crippen LogP contribution in [0.2, 0.25) is 0 Å². The fourth-order valence-corrected chi connectivity index (χ4v) is 2.48. The van der Waals surface area contributed by atoms with Crippen LogP contribution in [0, 0.1) is 6.92 Å². The van der Waals surface area contributed by atoms with Crippen molar-refractivity contribution in [1.82, 2.24) is 19.0 Å². The topological polar surface area (TPSA) is 75.2 Å². The quantitative estimate of drug-likeness (QED) is 0.867. The second-order valence-corrected chi connectivity index (χ2v) is 4.82. The number of aryl methyl sites for hydroxylation is 1. The zero-order chi connectivity index (χ0) is 13.0. The van der Waals surface area contributed by atoms with Crippen molar-refractivity contribution in [3.05, 3.63) is 11.4 Å². The Hall–Kier alpha value is -1.50. The average Bonchev–Trinajstić information content (AvgIpc) is 2.99. The van der Waals surface area contributed by atoms with Crippen LogP contribution in [0.25, 0.3) is 0 Å². The summed E-state index contributed by atoms with van der Waals surface area (Å²) >= 11 is 1.02. The Morgan fingerprint density at radius 3 is 2.67 bits per heavy atom. The molecule has 0 unspecified atom stereocenters. The minimum absolute atomic E-state index is 0.112. The zero-order valence-corrected chi connectivity index (χ0v) is 11.1. The lowest BCUT2D eigenvalue weighted by atomic mass is 10.3. The van der Waals surface area contributed by atoms with E-state index in [-0.39, 0.29) is 11.8 Å². The molecule has 1 N–H and O–H groups in total. The van der Waals surface area contributed by atoms with E-state index in [9.17, 15) is 9.59 Å². The number of hydrogen-bond acceptors (Lipinski definition) is 5. The first kappa shape index (κ1) is 12.9. The van der Waals surface area contributed by atoms with Gasteiger partial charge in [-0.1, -0.05) is 0 Å². The third kappa shape index (κ3) is 3.04. The van der Waals surface area contributed by atoms with E-state index >= 15 is 0 Å². The first-order chi connectivity index (χ1) is 8.68. The van der Waals surface area contributed by atoms with E-state index in [4.69, 9.17) is 0 Å². The van der Waals surface area contributed by atoms with Crippen molar-refractivity contribution in [3.63, 3.8) is 0 Å². The number of hydrogen-bond donors (Lipinski definition) is 1. The number of carbonyl (C=O) groups is 2. The third-order valence-corrected chi connectivity index (χ3v) is 3.57. The first-order valence-electron chi connectivity index (χ1n) is 6.03. The fraction of sp³-hybridized carbons (Fsp3) is 0.636. The lowest BCUT2D eigenvalue weighted by Gasteiger charge is -2.14. The number of likely N-dealkylation sites (tertiary alicyclic amines) is 1. The second-order valence-electron chi connectivity index (χ2n) is 4.29. The first-order valence-corrected chi connectivity index (χ1v) is 6.76. The lowest BCUT2D eigenvalue weighted by molar-refractivity contribution is -0.129. The molecule has 1 saturated heterocycles. The summed E-state index contributed by atoms with van der Waals surface area (Å²) in [6.07, 6.45) is 2.52. The van der Waals surface area contributed by atoms with Crippen LogP contribution < -0.4 is 5.32 Å². The molecular formula is C11H16N4O2S. The van der Waals surface area contributed by atoms with Gasteiger partial charge < -0.3 is 10.2 Å². The normalized spacial score (nSPS) is 14.8. The van der Waals surface area contributed by atoms with Gasteiger partial charge >= 0.3 is 0 Å². The van der Waals surface area contributed by atoms with Crippen LogP contribution >= 0.6 is 11.7 Å². The van der Waals surface area contributed by atoms with Crippen LogP contribution in [0.3, 0.4) is 0 Å². The number of nitrogens with zero attached hydrogens (tertiary/aromatic N) is 3. The zero-order valence-electron chi connectivity index (χ0n) is 10.3. The van der Waals surface area contributed by atoms with E-state index in [1.54, 1.807) is 6.92 Å². The van der Waals surface area contributed by atoms with Crippen molar-refractivity contribution in [3.8, 4) is 0 Å². The lowest BCUT2D eigenvalue weighted by Crippen LogP contribution is -2.33. The van der Waals surface area contributed by atoms with Crippen LogP contribution in [-0.2, 0) is 4.79 Å². The number of nitrogens with one attached hydrogen (secondary N) is 1. The van der Waals surface area contributed by atoms with Crippen molar-refractivity contribution in [2.24, 2.45) is 0 Å². The van der Waals surface area contributed by atoms with Gasteiger partial charge in [0.05, 0.1) is 17.4 Å². The maximum absolute atomic E-state index is 11.7. The van der Waals surface area contributed by atoms with Crippen LogP contribution in [0.1, 0.15) is 35.4 Å². The van der Waals surface area contributed by atoms with Crippen molar-refractivity contribution >= 4 is 23.5 Å². The van der Waals surface area contributed by atoms with E-state index in [2.05, 4.69) is 14.1 Å². The highest BCUT2D eigenvalue weighted by atomic mass is 32.1. The van der Waals surface area contributed by atoms with Gasteiger partial charge in [-0.05, 0) is 19.8 Å². The molecule has 1 aromatic rings. The van der Waals surface area contributed by atoms with E-state index in [0.29, 0.717) is 24.4 Å². The molecule has 0 bridgehead atoms. The summed E-state index contributed by atoms with van der Waals surface area (Å²) in [5.74, 6) is -0.142. The largest absolute Gasteiger partial charge is 0.350 e. The standard InChI is InChI=1S/C11H16N4O2S/c1-8-10(14-18-13-8)11(17)12-5-4-9(16)15-6-2-3-7-15/h2-7H2,1H3,(H,12,17). The highest BCUT2D eigenvalue weighted by Gasteiger charge is 2.18. The molecule has 0 aliphatic carbocycles. The van der Waals surface area contributed by atoms with E-state index < -0.39 is 0 Å². The highest BCUT2D eigenvalue weighted by molar-refractivity contribution is 6.99. The summed E-state index contributed by atoms with van der Waals surface area (Å²) in [6, 6.07) is 0. The van der Waals surface area contributed by atoms with Crippen molar-refractivity contribution < 1.29 is 9.59 Å². The van der Waals surface area contributed by atoms with Gasteiger partial charge in [0.25, 0.3) is 5.91 Å². The van der Waals surface area contributed by atoms with Crippen LogP contribution in [0.15, 0.2) is 0 Å². The molecule has 2 heterocycles. The number of carbonyl (C=O) groups excluding carboxylic acids is 2. The maximum Gasteiger partial charge on any atom is 0.272 e. The second kappa shape index (κ2) is 5.90. The Labute approximate surface area is 110 Å². The van der Waals surface area contributed by atoms with Crippen LogP contribution in [0.5, 0.6) is 0 Å². The molecule has 1 aliphatic heterocycles. The van der Waals surface area contributed by atoms with E-state index in [0.717, 1.165) is 37.7 Å². The molecule has 2 rings (SSSR count). The Kier molecular flexibility index (Phi) is 4.24. The summed E-state index contributed by atoms with van der Waals surface area (Å²) in [4.78, 5) is 25.3. The van der Waals surface area contributed by atoms with Crippen molar-refractivity contribution in [2.45, 2.75) is 26.2 Å². The van der Waals surface area contributed by atoms with Crippen molar-refractivity contribution in [1.29, 1.82) is 0 Å². The molecule has 6 nitrogen and oxygen atoms in total. The van der Waals surface area contributed by atoms with Gasteiger partial charge in [0.1, 0.15) is 0 Å². The van der Waals surface area contributed by atoms with E-state index in [1.165, 1.54) is 0 Å². The van der Waals surface area contributed by atoms with Crippen molar-refractivity contribution in [2.75, 3.05) is 19.6 Å². The number of rotatable bonds is 4. The maximum atomic E-state index is 11.7. The summed E-state index contributed by atoms with van der Waals surface area (Å²) in [7, 11) is 0. The third-order valence-electron chi connectivity index (χ3n) is 2.95. The summed E-state index contributed by atoms with van der Waals surface area (Å²) in [5, 5.41) is 2.70. The van der Waals surface area contributed by atoms with Gasteiger partial charge in [-0.3, -0.25) is 9.59 Å².